The molecule has 3 aromatic heterocycles. The fourth-order valence-electron chi connectivity index (χ4n) is 3.46. The van der Waals surface area contributed by atoms with Crippen LogP contribution in [0, 0.1) is 0 Å². The number of rotatable bonds is 7. The molecule has 8 nitrogen and oxygen atoms in total. The quantitative estimate of drug-likeness (QED) is 0.473. The van der Waals surface area contributed by atoms with Gasteiger partial charge in [0.2, 0.25) is 5.88 Å². The first-order chi connectivity index (χ1) is 16.3. The smallest absolute Gasteiger partial charge is 0.422 e. The van der Waals surface area contributed by atoms with Crippen LogP contribution in [0.4, 0.5) is 29.6 Å². The molecule has 4 heterocycles. The molecule has 180 valence electrons. The van der Waals surface area contributed by atoms with Crippen LogP contribution < -0.4 is 15.4 Å². The highest BCUT2D eigenvalue weighted by Crippen LogP contribution is 2.27. The van der Waals surface area contributed by atoms with Crippen LogP contribution in [0.5, 0.6) is 5.88 Å². The minimum Gasteiger partial charge on any atom is -0.468 e. The number of thiazole rings is 1. The molecule has 12 heteroatoms. The first-order valence-electron chi connectivity index (χ1n) is 10.7. The van der Waals surface area contributed by atoms with Crippen molar-refractivity contribution in [1.29, 1.82) is 0 Å². The lowest BCUT2D eigenvalue weighted by Crippen LogP contribution is -2.29. The SMILES string of the molecule is O=C(Nc1cccc(CN2CCCCC2)n1)Nc1csc(-c2ccc(OCC(F)(F)F)nc2)n1. The van der Waals surface area contributed by atoms with Gasteiger partial charge in [0, 0.05) is 29.8 Å². The molecule has 0 saturated carbocycles. The van der Waals surface area contributed by atoms with Gasteiger partial charge in [0.05, 0.1) is 5.69 Å². The van der Waals surface area contributed by atoms with Crippen LogP contribution in [0.15, 0.2) is 41.9 Å². The lowest BCUT2D eigenvalue weighted by Gasteiger charge is -2.26. The zero-order valence-corrected chi connectivity index (χ0v) is 19.0. The fraction of sp³-hybridized carbons (Fsp3) is 0.364. The number of likely N-dealkylation sites (tertiary alicyclic amines) is 1. The van der Waals surface area contributed by atoms with E-state index in [1.807, 2.05) is 12.1 Å². The van der Waals surface area contributed by atoms with Gasteiger partial charge in [-0.05, 0) is 44.1 Å². The van der Waals surface area contributed by atoms with Crippen molar-refractivity contribution in [1.82, 2.24) is 19.9 Å². The summed E-state index contributed by atoms with van der Waals surface area (Å²) in [4.78, 5) is 27.5. The molecule has 4 rings (SSSR count). The molecular weight excluding hydrogens is 469 g/mol. The van der Waals surface area contributed by atoms with Gasteiger partial charge in [-0.2, -0.15) is 13.2 Å². The van der Waals surface area contributed by atoms with Crippen molar-refractivity contribution in [2.45, 2.75) is 32.0 Å². The molecule has 0 aromatic carbocycles. The van der Waals surface area contributed by atoms with Crippen LogP contribution in [-0.4, -0.2) is 51.8 Å². The molecule has 2 N–H and O–H groups in total. The van der Waals surface area contributed by atoms with E-state index in [1.165, 1.54) is 42.9 Å². The number of hydrogen-bond donors (Lipinski definition) is 2. The summed E-state index contributed by atoms with van der Waals surface area (Å²) in [5.41, 5.74) is 1.48. The number of hydrogen-bond acceptors (Lipinski definition) is 7. The van der Waals surface area contributed by atoms with Gasteiger partial charge in [0.1, 0.15) is 16.6 Å². The van der Waals surface area contributed by atoms with Crippen molar-refractivity contribution < 1.29 is 22.7 Å². The van der Waals surface area contributed by atoms with E-state index >= 15 is 0 Å². The zero-order valence-electron chi connectivity index (χ0n) is 18.1. The molecular formula is C22H23F3N6O2S. The molecule has 0 atom stereocenters. The number of amides is 2. The molecule has 0 aliphatic carbocycles. The second-order valence-electron chi connectivity index (χ2n) is 7.76. The van der Waals surface area contributed by atoms with E-state index in [0.717, 1.165) is 25.3 Å². The average molecular weight is 493 g/mol. The van der Waals surface area contributed by atoms with Crippen LogP contribution in [0.2, 0.25) is 0 Å². The number of halogens is 3. The molecule has 0 spiro atoms. The van der Waals surface area contributed by atoms with Crippen LogP contribution in [0.3, 0.4) is 0 Å². The van der Waals surface area contributed by atoms with Crippen molar-refractivity contribution in [2.75, 3.05) is 30.3 Å². The molecule has 1 fully saturated rings. The number of piperidine rings is 1. The number of alkyl halides is 3. The first kappa shape index (κ1) is 23.9. The highest BCUT2D eigenvalue weighted by atomic mass is 32.1. The van der Waals surface area contributed by atoms with Crippen molar-refractivity contribution in [3.05, 3.63) is 47.6 Å². The van der Waals surface area contributed by atoms with Gasteiger partial charge in [-0.15, -0.1) is 11.3 Å². The van der Waals surface area contributed by atoms with E-state index in [0.29, 0.717) is 22.2 Å². The molecule has 34 heavy (non-hydrogen) atoms. The Morgan fingerprint density at radius 3 is 2.59 bits per heavy atom. The molecule has 2 amide bonds. The van der Waals surface area contributed by atoms with Crippen molar-refractivity contribution >= 4 is 29.0 Å². The van der Waals surface area contributed by atoms with Gasteiger partial charge in [0.15, 0.2) is 6.61 Å². The van der Waals surface area contributed by atoms with E-state index < -0.39 is 18.8 Å². The summed E-state index contributed by atoms with van der Waals surface area (Å²) < 4.78 is 41.3. The van der Waals surface area contributed by atoms with Crippen LogP contribution in [0.1, 0.15) is 25.0 Å². The minimum atomic E-state index is -4.43. The van der Waals surface area contributed by atoms with Gasteiger partial charge in [-0.1, -0.05) is 12.5 Å². The van der Waals surface area contributed by atoms with Crippen molar-refractivity contribution in [3.63, 3.8) is 0 Å². The monoisotopic (exact) mass is 492 g/mol. The number of ether oxygens (including phenoxy) is 1. The summed E-state index contributed by atoms with van der Waals surface area (Å²) >= 11 is 1.26. The maximum Gasteiger partial charge on any atom is 0.422 e. The Balaban J connectivity index is 1.31. The van der Waals surface area contributed by atoms with E-state index in [2.05, 4.69) is 35.2 Å². The Morgan fingerprint density at radius 2 is 1.85 bits per heavy atom. The van der Waals surface area contributed by atoms with Crippen molar-refractivity contribution in [3.8, 4) is 16.5 Å². The number of aromatic nitrogens is 3. The Hall–Kier alpha value is -3.25. The molecule has 0 unspecified atom stereocenters. The van der Waals surface area contributed by atoms with Gasteiger partial charge < -0.3 is 4.74 Å². The van der Waals surface area contributed by atoms with Crippen LogP contribution in [-0.2, 0) is 6.54 Å². The lowest BCUT2D eigenvalue weighted by molar-refractivity contribution is -0.154. The number of urea groups is 1. The average Bonchev–Trinajstić information content (AvgIpc) is 3.27. The van der Waals surface area contributed by atoms with E-state index in [1.54, 1.807) is 17.5 Å². The summed E-state index contributed by atoms with van der Waals surface area (Å²) in [5, 5.41) is 7.58. The Labute approximate surface area is 198 Å². The van der Waals surface area contributed by atoms with Crippen molar-refractivity contribution in [2.24, 2.45) is 0 Å². The first-order valence-corrected chi connectivity index (χ1v) is 11.6. The third kappa shape index (κ3) is 7.12. The number of anilines is 2. The summed E-state index contributed by atoms with van der Waals surface area (Å²) in [7, 11) is 0. The molecule has 3 aromatic rings. The third-order valence-corrected chi connectivity index (χ3v) is 5.89. The van der Waals surface area contributed by atoms with Crippen LogP contribution in [0.25, 0.3) is 10.6 Å². The van der Waals surface area contributed by atoms with E-state index in [-0.39, 0.29) is 5.88 Å². The van der Waals surface area contributed by atoms with Gasteiger partial charge in [0.25, 0.3) is 0 Å². The number of nitrogens with zero attached hydrogens (tertiary/aromatic N) is 4. The van der Waals surface area contributed by atoms with Crippen LogP contribution >= 0.6 is 11.3 Å². The molecule has 1 aliphatic rings. The zero-order chi connectivity index (χ0) is 24.0. The molecule has 0 bridgehead atoms. The number of nitrogens with one attached hydrogen (secondary N) is 2. The Morgan fingerprint density at radius 1 is 1.06 bits per heavy atom. The highest BCUT2D eigenvalue weighted by Gasteiger charge is 2.28. The summed E-state index contributed by atoms with van der Waals surface area (Å²) in [5.74, 6) is 0.644. The predicted molar refractivity (Wildman–Crippen MR) is 123 cm³/mol. The van der Waals surface area contributed by atoms with Gasteiger partial charge in [-0.25, -0.2) is 19.7 Å². The molecule has 0 radical (unpaired) electrons. The molecule has 1 aliphatic heterocycles. The highest BCUT2D eigenvalue weighted by molar-refractivity contribution is 7.13. The standard InChI is InChI=1S/C22H23F3N6O2S/c23-22(24,25)14-33-19-8-7-15(11-26-19)20-28-18(13-34-20)30-21(32)29-17-6-4-5-16(27-17)12-31-9-2-1-3-10-31/h4-8,11,13H,1-3,9-10,12,14H2,(H2,27,29,30,32). The van der Waals surface area contributed by atoms with Gasteiger partial charge >= 0.3 is 12.2 Å². The summed E-state index contributed by atoms with van der Waals surface area (Å²) in [6.07, 6.45) is 0.597. The third-order valence-electron chi connectivity index (χ3n) is 5.00. The predicted octanol–water partition coefficient (Wildman–Crippen LogP) is 5.17. The number of pyridine rings is 2. The van der Waals surface area contributed by atoms with E-state index in [4.69, 9.17) is 0 Å². The second-order valence-corrected chi connectivity index (χ2v) is 8.62. The second kappa shape index (κ2) is 10.8. The number of carbonyl (C=O) groups is 1. The number of carbonyl (C=O) groups excluding carboxylic acids is 1. The summed E-state index contributed by atoms with van der Waals surface area (Å²) in [6, 6.07) is 7.94. The summed E-state index contributed by atoms with van der Waals surface area (Å²) in [6.45, 7) is 1.46. The topological polar surface area (TPSA) is 92.3 Å². The maximum absolute atomic E-state index is 12.4. The minimum absolute atomic E-state index is 0.134. The largest absolute Gasteiger partial charge is 0.468 e. The fourth-order valence-corrected chi connectivity index (χ4v) is 4.20. The normalized spacial score (nSPS) is 14.6. The maximum atomic E-state index is 12.4. The van der Waals surface area contributed by atoms with Gasteiger partial charge in [-0.3, -0.25) is 15.5 Å². The Kier molecular flexibility index (Phi) is 7.58. The lowest BCUT2D eigenvalue weighted by atomic mass is 10.1. The molecule has 1 saturated heterocycles. The Bertz CT molecular complexity index is 1100. The van der Waals surface area contributed by atoms with E-state index in [9.17, 15) is 18.0 Å².